The van der Waals surface area contributed by atoms with Gasteiger partial charge in [-0.1, -0.05) is 26.2 Å². The van der Waals surface area contributed by atoms with Gasteiger partial charge in [-0.2, -0.15) is 0 Å². The van der Waals surface area contributed by atoms with Crippen molar-refractivity contribution in [2.24, 2.45) is 5.92 Å². The molecule has 1 saturated heterocycles. The van der Waals surface area contributed by atoms with Gasteiger partial charge in [-0.15, -0.1) is 6.42 Å². The summed E-state index contributed by atoms with van der Waals surface area (Å²) in [6.07, 6.45) is 6.13. The summed E-state index contributed by atoms with van der Waals surface area (Å²) in [4.78, 5) is 25.1. The number of hydrogen-bond acceptors (Lipinski definition) is 2. The Morgan fingerprint density at radius 2 is 2.19 bits per heavy atom. The minimum Gasteiger partial charge on any atom is -0.342 e. The predicted molar refractivity (Wildman–Crippen MR) is 61.4 cm³/mol. The third-order valence-corrected chi connectivity index (χ3v) is 3.10. The molecule has 0 aromatic heterocycles. The molecule has 88 valence electrons. The van der Waals surface area contributed by atoms with Crippen LogP contribution in [0.15, 0.2) is 0 Å². The molecule has 1 heterocycles. The van der Waals surface area contributed by atoms with Gasteiger partial charge in [0.1, 0.15) is 12.6 Å². The maximum absolute atomic E-state index is 12.1. The summed E-state index contributed by atoms with van der Waals surface area (Å²) in [6.45, 7) is 5.77. The third-order valence-electron chi connectivity index (χ3n) is 3.10. The van der Waals surface area contributed by atoms with Gasteiger partial charge in [0.15, 0.2) is 0 Å². The van der Waals surface area contributed by atoms with Crippen LogP contribution >= 0.6 is 0 Å². The second-order valence-electron chi connectivity index (χ2n) is 4.24. The molecule has 1 aliphatic heterocycles. The second-order valence-corrected chi connectivity index (χ2v) is 4.24. The zero-order valence-electron chi connectivity index (χ0n) is 9.99. The molecule has 0 aliphatic carbocycles. The molecule has 1 N–H and O–H groups in total. The molecule has 2 amide bonds. The van der Waals surface area contributed by atoms with Crippen molar-refractivity contribution in [3.63, 3.8) is 0 Å². The third kappa shape index (κ3) is 2.35. The van der Waals surface area contributed by atoms with E-state index in [1.807, 2.05) is 13.8 Å². The van der Waals surface area contributed by atoms with E-state index in [2.05, 4.69) is 11.2 Å². The number of carbonyl (C=O) groups excluding carboxylic acids is 2. The van der Waals surface area contributed by atoms with Crippen LogP contribution in [0.1, 0.15) is 27.2 Å². The number of nitrogens with one attached hydrogen (secondary N) is 1. The highest BCUT2D eigenvalue weighted by atomic mass is 16.2. The zero-order chi connectivity index (χ0) is 12.3. The van der Waals surface area contributed by atoms with Gasteiger partial charge in [0, 0.05) is 0 Å². The number of terminal acetylenes is 1. The highest BCUT2D eigenvalue weighted by Gasteiger charge is 2.36. The van der Waals surface area contributed by atoms with Gasteiger partial charge in [-0.3, -0.25) is 9.59 Å². The number of amides is 2. The molecule has 0 aromatic carbocycles. The lowest BCUT2D eigenvalue weighted by Crippen LogP contribution is -2.61. The van der Waals surface area contributed by atoms with Gasteiger partial charge >= 0.3 is 0 Å². The Kier molecular flexibility index (Phi) is 3.94. The van der Waals surface area contributed by atoms with Crippen LogP contribution in [-0.2, 0) is 9.59 Å². The molecule has 1 fully saturated rings. The number of nitrogens with zero attached hydrogens (tertiary/aromatic N) is 1. The summed E-state index contributed by atoms with van der Waals surface area (Å²) in [5.41, 5.74) is 0. The van der Waals surface area contributed by atoms with E-state index in [0.717, 1.165) is 6.42 Å². The average Bonchev–Trinajstić information content (AvgIpc) is 2.29. The SMILES string of the molecule is C#CC(C)N1CC(=O)NC(C(C)CC)C1=O. The van der Waals surface area contributed by atoms with Gasteiger partial charge < -0.3 is 10.2 Å². The topological polar surface area (TPSA) is 49.4 Å². The van der Waals surface area contributed by atoms with Crippen molar-refractivity contribution in [3.8, 4) is 12.3 Å². The highest BCUT2D eigenvalue weighted by molar-refractivity contribution is 5.95. The van der Waals surface area contributed by atoms with Crippen molar-refractivity contribution in [1.82, 2.24) is 10.2 Å². The lowest BCUT2D eigenvalue weighted by atomic mass is 9.95. The standard InChI is InChI=1S/C12H18N2O2/c1-5-8(3)11-12(16)14(9(4)6-2)7-10(15)13-11/h2,8-9,11H,5,7H2,1,3-4H3,(H,13,15). The maximum Gasteiger partial charge on any atom is 0.246 e. The van der Waals surface area contributed by atoms with Crippen molar-refractivity contribution in [3.05, 3.63) is 0 Å². The molecule has 0 radical (unpaired) electrons. The zero-order valence-corrected chi connectivity index (χ0v) is 9.99. The van der Waals surface area contributed by atoms with Crippen molar-refractivity contribution in [2.45, 2.75) is 39.3 Å². The summed E-state index contributed by atoms with van der Waals surface area (Å²) < 4.78 is 0. The molecule has 4 nitrogen and oxygen atoms in total. The lowest BCUT2D eigenvalue weighted by Gasteiger charge is -2.36. The molecule has 0 spiro atoms. The van der Waals surface area contributed by atoms with E-state index < -0.39 is 6.04 Å². The monoisotopic (exact) mass is 222 g/mol. The molecule has 1 aliphatic rings. The van der Waals surface area contributed by atoms with Crippen LogP contribution in [0.2, 0.25) is 0 Å². The number of hydrogen-bond donors (Lipinski definition) is 1. The Balaban J connectivity index is 2.87. The van der Waals surface area contributed by atoms with E-state index in [0.29, 0.717) is 0 Å². The molecule has 0 bridgehead atoms. The smallest absolute Gasteiger partial charge is 0.246 e. The first-order valence-corrected chi connectivity index (χ1v) is 5.57. The molecule has 3 atom stereocenters. The normalized spacial score (nSPS) is 24.6. The van der Waals surface area contributed by atoms with Crippen LogP contribution in [0.25, 0.3) is 0 Å². The Hall–Kier alpha value is -1.50. The summed E-state index contributed by atoms with van der Waals surface area (Å²) in [5, 5.41) is 2.73. The summed E-state index contributed by atoms with van der Waals surface area (Å²) in [7, 11) is 0. The molecule has 1 rings (SSSR count). The van der Waals surface area contributed by atoms with Crippen LogP contribution in [0.4, 0.5) is 0 Å². The first-order chi connectivity index (χ1) is 7.51. The number of carbonyl (C=O) groups is 2. The van der Waals surface area contributed by atoms with Crippen LogP contribution in [0, 0.1) is 18.3 Å². The molecule has 3 unspecified atom stereocenters. The van der Waals surface area contributed by atoms with Gasteiger partial charge in [-0.05, 0) is 12.8 Å². The van der Waals surface area contributed by atoms with Crippen LogP contribution in [0.3, 0.4) is 0 Å². The summed E-state index contributed by atoms with van der Waals surface area (Å²) in [5.74, 6) is 2.41. The first kappa shape index (κ1) is 12.6. The Bertz CT molecular complexity index is 332. The van der Waals surface area contributed by atoms with Gasteiger partial charge in [0.2, 0.25) is 11.8 Å². The highest BCUT2D eigenvalue weighted by Crippen LogP contribution is 2.15. The summed E-state index contributed by atoms with van der Waals surface area (Å²) in [6, 6.07) is -0.757. The fourth-order valence-corrected chi connectivity index (χ4v) is 1.73. The van der Waals surface area contributed by atoms with Crippen molar-refractivity contribution < 1.29 is 9.59 Å². The molecule has 0 aromatic rings. The fourth-order valence-electron chi connectivity index (χ4n) is 1.73. The van der Waals surface area contributed by atoms with Gasteiger partial charge in [0.05, 0.1) is 6.04 Å². The summed E-state index contributed by atoms with van der Waals surface area (Å²) >= 11 is 0. The van der Waals surface area contributed by atoms with Crippen LogP contribution in [-0.4, -0.2) is 35.3 Å². The van der Waals surface area contributed by atoms with E-state index in [1.54, 1.807) is 6.92 Å². The Morgan fingerprint density at radius 1 is 1.56 bits per heavy atom. The van der Waals surface area contributed by atoms with Crippen LogP contribution < -0.4 is 5.32 Å². The van der Waals surface area contributed by atoms with Crippen molar-refractivity contribution in [2.75, 3.05) is 6.54 Å². The quantitative estimate of drug-likeness (QED) is 0.702. The second kappa shape index (κ2) is 5.02. The first-order valence-electron chi connectivity index (χ1n) is 5.57. The van der Waals surface area contributed by atoms with Gasteiger partial charge in [0.25, 0.3) is 0 Å². The van der Waals surface area contributed by atoms with E-state index >= 15 is 0 Å². The number of rotatable bonds is 3. The van der Waals surface area contributed by atoms with E-state index in [9.17, 15) is 9.59 Å². The maximum atomic E-state index is 12.1. The van der Waals surface area contributed by atoms with Gasteiger partial charge in [-0.25, -0.2) is 0 Å². The minimum atomic E-state index is -0.429. The molecule has 4 heteroatoms. The molecular weight excluding hydrogens is 204 g/mol. The Labute approximate surface area is 96.4 Å². The van der Waals surface area contributed by atoms with Crippen molar-refractivity contribution in [1.29, 1.82) is 0 Å². The van der Waals surface area contributed by atoms with E-state index in [1.165, 1.54) is 4.90 Å². The Morgan fingerprint density at radius 3 is 2.69 bits per heavy atom. The minimum absolute atomic E-state index is 0.0666. The van der Waals surface area contributed by atoms with E-state index in [4.69, 9.17) is 6.42 Å². The van der Waals surface area contributed by atoms with Crippen molar-refractivity contribution >= 4 is 11.8 Å². The van der Waals surface area contributed by atoms with E-state index in [-0.39, 0.29) is 30.3 Å². The number of piperazine rings is 1. The molecule has 0 saturated carbocycles. The lowest BCUT2D eigenvalue weighted by molar-refractivity contribution is -0.146. The van der Waals surface area contributed by atoms with Crippen LogP contribution in [0.5, 0.6) is 0 Å². The fraction of sp³-hybridized carbons (Fsp3) is 0.667. The average molecular weight is 222 g/mol. The molecular formula is C12H18N2O2. The largest absolute Gasteiger partial charge is 0.342 e. The predicted octanol–water partition coefficient (Wildman–Crippen LogP) is 0.381. The molecule has 16 heavy (non-hydrogen) atoms.